The maximum atomic E-state index is 11.8. The van der Waals surface area contributed by atoms with Crippen molar-refractivity contribution in [3.05, 3.63) is 28.8 Å². The summed E-state index contributed by atoms with van der Waals surface area (Å²) in [5, 5.41) is 3.07. The number of hydrogen-bond donors (Lipinski definition) is 1. The Balaban J connectivity index is 2.64. The van der Waals surface area contributed by atoms with Gasteiger partial charge in [0.1, 0.15) is 5.75 Å². The van der Waals surface area contributed by atoms with Gasteiger partial charge in [0.25, 0.3) is 5.91 Å². The highest BCUT2D eigenvalue weighted by Gasteiger charge is 2.11. The van der Waals surface area contributed by atoms with Gasteiger partial charge in [-0.25, -0.2) is 0 Å². The van der Waals surface area contributed by atoms with Gasteiger partial charge in [0, 0.05) is 19.8 Å². The van der Waals surface area contributed by atoms with Gasteiger partial charge in [-0.05, 0) is 18.2 Å². The fraction of sp³-hybridized carbons (Fsp3) is 0.417. The summed E-state index contributed by atoms with van der Waals surface area (Å²) in [7, 11) is 4.53. The van der Waals surface area contributed by atoms with Crippen molar-refractivity contribution in [3.8, 4) is 5.75 Å². The highest BCUT2D eigenvalue weighted by atomic mass is 35.5. The lowest BCUT2D eigenvalue weighted by atomic mass is 10.2. The minimum Gasteiger partial charge on any atom is -0.495 e. The fourth-order valence-electron chi connectivity index (χ4n) is 1.35. The van der Waals surface area contributed by atoms with Crippen LogP contribution in [0.1, 0.15) is 10.4 Å². The van der Waals surface area contributed by atoms with Crippen LogP contribution in [0.3, 0.4) is 0 Å². The van der Waals surface area contributed by atoms with Crippen LogP contribution in [0.5, 0.6) is 5.75 Å². The molecule has 0 aliphatic carbocycles. The Morgan fingerprint density at radius 1 is 1.33 bits per heavy atom. The molecule has 0 aliphatic rings. The molecule has 0 fully saturated rings. The molecule has 100 valence electrons. The van der Waals surface area contributed by atoms with Gasteiger partial charge in [-0.1, -0.05) is 11.6 Å². The van der Waals surface area contributed by atoms with Crippen molar-refractivity contribution in [1.29, 1.82) is 0 Å². The average Bonchev–Trinajstić information content (AvgIpc) is 2.39. The van der Waals surface area contributed by atoms with Crippen LogP contribution in [0.2, 0.25) is 5.02 Å². The van der Waals surface area contributed by atoms with E-state index >= 15 is 0 Å². The van der Waals surface area contributed by atoms with Gasteiger partial charge in [-0.3, -0.25) is 4.79 Å². The Hall–Kier alpha value is -1.30. The number of nitrogens with one attached hydrogen (secondary N) is 1. The molecule has 0 unspecified atom stereocenters. The maximum Gasteiger partial charge on any atom is 0.251 e. The van der Waals surface area contributed by atoms with Crippen LogP contribution in [0, 0.1) is 0 Å². The van der Waals surface area contributed by atoms with E-state index in [1.807, 2.05) is 0 Å². The van der Waals surface area contributed by atoms with Gasteiger partial charge < -0.3 is 19.5 Å². The summed E-state index contributed by atoms with van der Waals surface area (Å²) in [5.74, 6) is 0.276. The molecule has 0 heterocycles. The Morgan fingerprint density at radius 2 is 2.00 bits per heavy atom. The number of hydrogen-bond acceptors (Lipinski definition) is 4. The Labute approximate surface area is 111 Å². The van der Waals surface area contributed by atoms with E-state index in [1.54, 1.807) is 18.2 Å². The molecule has 5 nitrogen and oxygen atoms in total. The molecule has 0 aliphatic heterocycles. The summed E-state index contributed by atoms with van der Waals surface area (Å²) in [4.78, 5) is 11.8. The largest absolute Gasteiger partial charge is 0.495 e. The molecule has 0 radical (unpaired) electrons. The molecule has 0 atom stereocenters. The van der Waals surface area contributed by atoms with E-state index in [-0.39, 0.29) is 12.5 Å². The van der Waals surface area contributed by atoms with Crippen LogP contribution in [0.25, 0.3) is 0 Å². The average molecular weight is 274 g/mol. The maximum absolute atomic E-state index is 11.8. The van der Waals surface area contributed by atoms with Crippen molar-refractivity contribution in [2.45, 2.75) is 6.29 Å². The fourth-order valence-corrected chi connectivity index (χ4v) is 1.61. The third-order valence-electron chi connectivity index (χ3n) is 2.37. The zero-order chi connectivity index (χ0) is 13.5. The summed E-state index contributed by atoms with van der Waals surface area (Å²) in [6.45, 7) is 0.259. The molecule has 1 aromatic carbocycles. The summed E-state index contributed by atoms with van der Waals surface area (Å²) in [6, 6.07) is 4.82. The second kappa shape index (κ2) is 7.20. The predicted octanol–water partition coefficient (Wildman–Crippen LogP) is 1.70. The lowest BCUT2D eigenvalue weighted by molar-refractivity contribution is -0.0974. The molecule has 1 amide bonds. The molecular weight excluding hydrogens is 258 g/mol. The van der Waals surface area contributed by atoms with E-state index in [2.05, 4.69) is 5.32 Å². The van der Waals surface area contributed by atoms with Gasteiger partial charge in [-0.15, -0.1) is 0 Å². The van der Waals surface area contributed by atoms with Crippen molar-refractivity contribution in [1.82, 2.24) is 5.32 Å². The quantitative estimate of drug-likeness (QED) is 0.802. The minimum atomic E-state index is -0.470. The first kappa shape index (κ1) is 14.8. The summed E-state index contributed by atoms with van der Waals surface area (Å²) < 4.78 is 14.9. The van der Waals surface area contributed by atoms with E-state index in [0.717, 1.165) is 0 Å². The predicted molar refractivity (Wildman–Crippen MR) is 68.1 cm³/mol. The zero-order valence-corrected chi connectivity index (χ0v) is 11.3. The second-order valence-corrected chi connectivity index (χ2v) is 3.87. The standard InChI is InChI=1S/C12H16ClNO4/c1-16-10-5-4-8(6-9(10)13)12(15)14-7-11(17-2)18-3/h4-6,11H,7H2,1-3H3,(H,14,15). The molecule has 18 heavy (non-hydrogen) atoms. The number of halogens is 1. The lowest BCUT2D eigenvalue weighted by Gasteiger charge is -2.14. The molecule has 1 aromatic rings. The first-order valence-electron chi connectivity index (χ1n) is 5.29. The lowest BCUT2D eigenvalue weighted by Crippen LogP contribution is -2.34. The smallest absolute Gasteiger partial charge is 0.251 e. The van der Waals surface area contributed by atoms with Crippen LogP contribution in [0.4, 0.5) is 0 Å². The first-order valence-corrected chi connectivity index (χ1v) is 5.67. The molecule has 0 spiro atoms. The molecule has 1 rings (SSSR count). The van der Waals surface area contributed by atoms with Gasteiger partial charge in [0.05, 0.1) is 18.7 Å². The Kier molecular flexibility index (Phi) is 5.91. The monoisotopic (exact) mass is 273 g/mol. The number of carbonyl (C=O) groups is 1. The summed E-state index contributed by atoms with van der Waals surface area (Å²) in [6.07, 6.45) is -0.470. The van der Waals surface area contributed by atoms with E-state index in [4.69, 9.17) is 25.8 Å². The van der Waals surface area contributed by atoms with Gasteiger partial charge in [-0.2, -0.15) is 0 Å². The third-order valence-corrected chi connectivity index (χ3v) is 2.66. The normalized spacial score (nSPS) is 10.5. The number of methoxy groups -OCH3 is 3. The topological polar surface area (TPSA) is 56.8 Å². The minimum absolute atomic E-state index is 0.251. The molecule has 0 bridgehead atoms. The van der Waals surface area contributed by atoms with Crippen LogP contribution in [-0.4, -0.2) is 40.1 Å². The van der Waals surface area contributed by atoms with Crippen LogP contribution in [0.15, 0.2) is 18.2 Å². The second-order valence-electron chi connectivity index (χ2n) is 3.46. The highest BCUT2D eigenvalue weighted by molar-refractivity contribution is 6.32. The van der Waals surface area contributed by atoms with Crippen molar-refractivity contribution < 1.29 is 19.0 Å². The zero-order valence-electron chi connectivity index (χ0n) is 10.5. The number of amides is 1. The van der Waals surface area contributed by atoms with Crippen LogP contribution < -0.4 is 10.1 Å². The third kappa shape index (κ3) is 3.87. The van der Waals surface area contributed by atoms with Gasteiger partial charge in [0.2, 0.25) is 0 Å². The van der Waals surface area contributed by atoms with Crippen LogP contribution in [-0.2, 0) is 9.47 Å². The molecule has 1 N–H and O–H groups in total. The van der Waals surface area contributed by atoms with Gasteiger partial charge in [0.15, 0.2) is 6.29 Å². The molecular formula is C12H16ClNO4. The SMILES string of the molecule is COc1ccc(C(=O)NCC(OC)OC)cc1Cl. The van der Waals surface area contributed by atoms with Crippen LogP contribution >= 0.6 is 11.6 Å². The van der Waals surface area contributed by atoms with E-state index in [0.29, 0.717) is 16.3 Å². The highest BCUT2D eigenvalue weighted by Crippen LogP contribution is 2.24. The van der Waals surface area contributed by atoms with Crippen molar-refractivity contribution in [3.63, 3.8) is 0 Å². The molecule has 6 heteroatoms. The Bertz CT molecular complexity index is 407. The number of carbonyl (C=O) groups excluding carboxylic acids is 1. The summed E-state index contributed by atoms with van der Waals surface area (Å²) in [5.41, 5.74) is 0.451. The molecule has 0 saturated carbocycles. The Morgan fingerprint density at radius 3 is 2.50 bits per heavy atom. The van der Waals surface area contributed by atoms with E-state index in [9.17, 15) is 4.79 Å². The van der Waals surface area contributed by atoms with E-state index < -0.39 is 6.29 Å². The van der Waals surface area contributed by atoms with Crippen molar-refractivity contribution in [2.75, 3.05) is 27.9 Å². The number of benzene rings is 1. The number of rotatable bonds is 6. The first-order chi connectivity index (χ1) is 8.62. The van der Waals surface area contributed by atoms with Crippen molar-refractivity contribution in [2.24, 2.45) is 0 Å². The number of ether oxygens (including phenoxy) is 3. The van der Waals surface area contributed by atoms with Crippen molar-refractivity contribution >= 4 is 17.5 Å². The molecule has 0 saturated heterocycles. The van der Waals surface area contributed by atoms with E-state index in [1.165, 1.54) is 21.3 Å². The van der Waals surface area contributed by atoms with Gasteiger partial charge >= 0.3 is 0 Å². The molecule has 0 aromatic heterocycles. The summed E-state index contributed by atoms with van der Waals surface area (Å²) >= 11 is 5.94.